The summed E-state index contributed by atoms with van der Waals surface area (Å²) in [5.41, 5.74) is 4.45. The molecule has 1 heterocycles. The van der Waals surface area contributed by atoms with Crippen LogP contribution in [0.25, 0.3) is 33.9 Å². The van der Waals surface area contributed by atoms with Crippen molar-refractivity contribution in [1.29, 1.82) is 0 Å². The molecule has 7 heteroatoms. The number of nitrogens with zero attached hydrogens (tertiary/aromatic N) is 3. The number of carbonyl (C=O) groups is 1. The third-order valence-electron chi connectivity index (χ3n) is 5.87. The summed E-state index contributed by atoms with van der Waals surface area (Å²) in [7, 11) is 0. The van der Waals surface area contributed by atoms with Crippen LogP contribution in [0.5, 0.6) is 0 Å². The van der Waals surface area contributed by atoms with E-state index in [1.165, 1.54) is 4.68 Å². The molecule has 5 aromatic rings. The van der Waals surface area contributed by atoms with Crippen molar-refractivity contribution >= 4 is 11.7 Å². The first-order chi connectivity index (χ1) is 18.2. The molecule has 0 aliphatic heterocycles. The van der Waals surface area contributed by atoms with E-state index < -0.39 is 0 Å². The van der Waals surface area contributed by atoms with E-state index in [1.807, 2.05) is 109 Å². The van der Waals surface area contributed by atoms with Gasteiger partial charge in [0, 0.05) is 16.8 Å². The second-order valence-corrected chi connectivity index (χ2v) is 8.31. The number of aromatic nitrogens is 3. The van der Waals surface area contributed by atoms with Crippen molar-refractivity contribution in [3.05, 3.63) is 120 Å². The van der Waals surface area contributed by atoms with Crippen LogP contribution in [-0.2, 0) is 9.53 Å². The molecular formula is C31H30N4O3. The molecular weight excluding hydrogens is 476 g/mol. The molecule has 38 heavy (non-hydrogen) atoms. The van der Waals surface area contributed by atoms with Crippen LogP contribution in [0.2, 0.25) is 0 Å². The molecule has 1 N–H and O–H groups in total. The molecule has 5 rings (SSSR count). The first-order valence-corrected chi connectivity index (χ1v) is 12.1. The molecule has 0 spiro atoms. The summed E-state index contributed by atoms with van der Waals surface area (Å²) >= 11 is 0. The van der Waals surface area contributed by atoms with Gasteiger partial charge >= 0.3 is 11.7 Å². The number of hydrogen-bond acceptors (Lipinski definition) is 5. The first kappa shape index (κ1) is 26.2. The van der Waals surface area contributed by atoms with Crippen LogP contribution in [0.1, 0.15) is 14.4 Å². The lowest BCUT2D eigenvalue weighted by atomic mass is 10.0. The maximum Gasteiger partial charge on any atom is 0.355 e. The number of esters is 1. The molecule has 0 bridgehead atoms. The molecule has 7 nitrogen and oxygen atoms in total. The Morgan fingerprint density at radius 3 is 2.24 bits per heavy atom. The van der Waals surface area contributed by atoms with Crippen LogP contribution in [0.4, 0.5) is 5.69 Å². The lowest BCUT2D eigenvalue weighted by Gasteiger charge is -2.11. The minimum atomic E-state index is -0.320. The number of rotatable bonds is 8. The highest BCUT2D eigenvalue weighted by molar-refractivity contribution is 5.78. The lowest BCUT2D eigenvalue weighted by molar-refractivity contribution is -0.140. The predicted molar refractivity (Wildman–Crippen MR) is 152 cm³/mol. The fourth-order valence-corrected chi connectivity index (χ4v) is 4.19. The van der Waals surface area contributed by atoms with Crippen LogP contribution < -0.4 is 11.0 Å². The number of para-hydroxylation sites is 2. The predicted octanol–water partition coefficient (Wildman–Crippen LogP) is 5.97. The van der Waals surface area contributed by atoms with E-state index in [1.54, 1.807) is 11.5 Å². The Morgan fingerprint density at radius 2 is 1.50 bits per heavy atom. The molecule has 0 unspecified atom stereocenters. The van der Waals surface area contributed by atoms with Gasteiger partial charge in [0.25, 0.3) is 0 Å². The maximum absolute atomic E-state index is 13.9. The van der Waals surface area contributed by atoms with Crippen LogP contribution in [0, 0.1) is 0 Å². The normalized spacial score (nSPS) is 10.4. The summed E-state index contributed by atoms with van der Waals surface area (Å²) in [6.45, 7) is 2.18. The summed E-state index contributed by atoms with van der Waals surface area (Å²) in [6.07, 6.45) is 0. The van der Waals surface area contributed by atoms with E-state index in [4.69, 9.17) is 9.84 Å². The van der Waals surface area contributed by atoms with E-state index >= 15 is 0 Å². The second kappa shape index (κ2) is 11.9. The Bertz CT molecular complexity index is 1570. The van der Waals surface area contributed by atoms with Crippen molar-refractivity contribution in [2.24, 2.45) is 0 Å². The number of anilines is 1. The van der Waals surface area contributed by atoms with Gasteiger partial charge in [0.1, 0.15) is 6.54 Å². The van der Waals surface area contributed by atoms with E-state index in [0.29, 0.717) is 18.1 Å². The van der Waals surface area contributed by atoms with Gasteiger partial charge in [0.15, 0.2) is 5.82 Å². The number of benzene rings is 4. The SMILES string of the molecule is C.CCOC(=O)CNc1cccc(-c2ccccc2-n2nc(-c3ccccc3)n(-c3ccccc3)c2=O)c1. The number of nitrogens with one attached hydrogen (secondary N) is 1. The summed E-state index contributed by atoms with van der Waals surface area (Å²) in [5.74, 6) is 0.233. The Morgan fingerprint density at radius 1 is 0.842 bits per heavy atom. The standard InChI is InChI=1S/C30H26N4O3.CH4/c1-2-37-28(35)21-31-24-15-11-14-23(20-24)26-18-9-10-19-27(26)34-30(36)33(25-16-7-4-8-17-25)29(32-34)22-12-5-3-6-13-22;/h3-20,31H,2,21H2,1H3;1H4. The van der Waals surface area contributed by atoms with Crippen molar-refractivity contribution in [1.82, 2.24) is 14.3 Å². The van der Waals surface area contributed by atoms with Gasteiger partial charge in [-0.1, -0.05) is 86.3 Å². The summed E-state index contributed by atoms with van der Waals surface area (Å²) in [5, 5.41) is 7.91. The van der Waals surface area contributed by atoms with Gasteiger partial charge in [-0.2, -0.15) is 4.68 Å². The quantitative estimate of drug-likeness (QED) is 0.263. The number of ether oxygens (including phenoxy) is 1. The fourth-order valence-electron chi connectivity index (χ4n) is 4.19. The van der Waals surface area contributed by atoms with Gasteiger partial charge in [0.05, 0.1) is 18.0 Å². The van der Waals surface area contributed by atoms with Crippen molar-refractivity contribution in [2.45, 2.75) is 14.4 Å². The van der Waals surface area contributed by atoms with Crippen molar-refractivity contribution in [3.8, 4) is 33.9 Å². The highest BCUT2D eigenvalue weighted by Crippen LogP contribution is 2.29. The van der Waals surface area contributed by atoms with E-state index in [0.717, 1.165) is 28.1 Å². The highest BCUT2D eigenvalue weighted by atomic mass is 16.5. The molecule has 0 atom stereocenters. The molecule has 192 valence electrons. The van der Waals surface area contributed by atoms with Gasteiger partial charge in [-0.25, -0.2) is 9.36 Å². The monoisotopic (exact) mass is 506 g/mol. The van der Waals surface area contributed by atoms with Crippen molar-refractivity contribution in [3.63, 3.8) is 0 Å². The second-order valence-electron chi connectivity index (χ2n) is 8.31. The van der Waals surface area contributed by atoms with Gasteiger partial charge in [-0.05, 0) is 42.8 Å². The molecule has 0 fully saturated rings. The van der Waals surface area contributed by atoms with Crippen LogP contribution in [0.15, 0.2) is 114 Å². The molecule has 0 aliphatic rings. The van der Waals surface area contributed by atoms with E-state index in [9.17, 15) is 9.59 Å². The number of carbonyl (C=O) groups excluding carboxylic acids is 1. The Balaban J connectivity index is 0.00000336. The van der Waals surface area contributed by atoms with Crippen LogP contribution in [-0.4, -0.2) is 33.5 Å². The maximum atomic E-state index is 13.9. The summed E-state index contributed by atoms with van der Waals surface area (Å²) in [6, 6.07) is 34.5. The van der Waals surface area contributed by atoms with Gasteiger partial charge < -0.3 is 10.1 Å². The fraction of sp³-hybridized carbons (Fsp3) is 0.129. The summed E-state index contributed by atoms with van der Waals surface area (Å²) in [4.78, 5) is 25.6. The molecule has 1 aromatic heterocycles. The molecule has 0 aliphatic carbocycles. The highest BCUT2D eigenvalue weighted by Gasteiger charge is 2.19. The van der Waals surface area contributed by atoms with Gasteiger partial charge in [-0.3, -0.25) is 4.79 Å². The Kier molecular flexibility index (Phi) is 8.18. The molecule has 4 aromatic carbocycles. The number of hydrogen-bond donors (Lipinski definition) is 1. The topological polar surface area (TPSA) is 78.2 Å². The third-order valence-corrected chi connectivity index (χ3v) is 5.87. The summed E-state index contributed by atoms with van der Waals surface area (Å²) < 4.78 is 8.08. The van der Waals surface area contributed by atoms with Crippen LogP contribution in [0.3, 0.4) is 0 Å². The molecule has 0 saturated carbocycles. The zero-order valence-electron chi connectivity index (χ0n) is 20.4. The van der Waals surface area contributed by atoms with Gasteiger partial charge in [-0.15, -0.1) is 5.10 Å². The Labute approximate surface area is 222 Å². The largest absolute Gasteiger partial charge is 0.465 e. The zero-order valence-corrected chi connectivity index (χ0v) is 20.4. The van der Waals surface area contributed by atoms with E-state index in [2.05, 4.69) is 5.32 Å². The minimum absolute atomic E-state index is 0. The van der Waals surface area contributed by atoms with E-state index in [-0.39, 0.29) is 25.6 Å². The zero-order chi connectivity index (χ0) is 25.6. The first-order valence-electron chi connectivity index (χ1n) is 12.1. The molecule has 0 amide bonds. The molecule has 0 saturated heterocycles. The van der Waals surface area contributed by atoms with Crippen molar-refractivity contribution < 1.29 is 9.53 Å². The van der Waals surface area contributed by atoms with Gasteiger partial charge in [0.2, 0.25) is 0 Å². The third kappa shape index (κ3) is 5.42. The van der Waals surface area contributed by atoms with Crippen LogP contribution >= 0.6 is 0 Å². The average molecular weight is 507 g/mol. The average Bonchev–Trinajstić information content (AvgIpc) is 3.30. The minimum Gasteiger partial charge on any atom is -0.465 e. The molecule has 0 radical (unpaired) electrons. The van der Waals surface area contributed by atoms with Crippen molar-refractivity contribution in [2.75, 3.05) is 18.5 Å². The lowest BCUT2D eigenvalue weighted by Crippen LogP contribution is -2.23. The Hall–Kier alpha value is -4.91. The smallest absolute Gasteiger partial charge is 0.355 e.